The van der Waals surface area contributed by atoms with Gasteiger partial charge in [-0.15, -0.1) is 0 Å². The van der Waals surface area contributed by atoms with Crippen molar-refractivity contribution in [3.63, 3.8) is 0 Å². The Labute approximate surface area is 164 Å². The number of para-hydroxylation sites is 1. The summed E-state index contributed by atoms with van der Waals surface area (Å²) in [4.78, 5) is 38.6. The van der Waals surface area contributed by atoms with Crippen molar-refractivity contribution >= 4 is 17.7 Å². The molecule has 1 aliphatic rings. The number of halogens is 1. The molecule has 1 saturated heterocycles. The summed E-state index contributed by atoms with van der Waals surface area (Å²) in [6, 6.07) is 5.11. The number of hydrogen-bond donors (Lipinski definition) is 2. The Morgan fingerprint density at radius 2 is 1.82 bits per heavy atom. The van der Waals surface area contributed by atoms with E-state index in [9.17, 15) is 18.8 Å². The summed E-state index contributed by atoms with van der Waals surface area (Å²) >= 11 is 0. The number of ether oxygens (including phenoxy) is 1. The fourth-order valence-corrected chi connectivity index (χ4v) is 3.07. The van der Waals surface area contributed by atoms with E-state index >= 15 is 0 Å². The maximum atomic E-state index is 13.6. The summed E-state index contributed by atoms with van der Waals surface area (Å²) in [6.07, 6.45) is 1.59. The average Bonchev–Trinajstić information content (AvgIpc) is 2.66. The molecule has 0 aromatic heterocycles. The summed E-state index contributed by atoms with van der Waals surface area (Å²) < 4.78 is 18.9. The monoisotopic (exact) mass is 393 g/mol. The molecule has 1 aromatic rings. The second-order valence-electron chi connectivity index (χ2n) is 7.36. The highest BCUT2D eigenvalue weighted by molar-refractivity contribution is 5.90. The zero-order valence-electron chi connectivity index (χ0n) is 16.5. The zero-order chi connectivity index (χ0) is 20.7. The minimum absolute atomic E-state index is 0.0466. The number of carbonyl (C=O) groups is 3. The smallest absolute Gasteiger partial charge is 0.279 e. The van der Waals surface area contributed by atoms with Crippen molar-refractivity contribution in [3.8, 4) is 5.75 Å². The second-order valence-corrected chi connectivity index (χ2v) is 7.36. The molecule has 7 nitrogen and oxygen atoms in total. The largest absolute Gasteiger partial charge is 0.478 e. The summed E-state index contributed by atoms with van der Waals surface area (Å²) in [5.74, 6) is -1.54. The first-order valence-corrected chi connectivity index (χ1v) is 9.60. The summed E-state index contributed by atoms with van der Waals surface area (Å²) in [5.41, 5.74) is 4.69. The fraction of sp³-hybridized carbons (Fsp3) is 0.550. The van der Waals surface area contributed by atoms with Crippen molar-refractivity contribution in [2.75, 3.05) is 6.54 Å². The van der Waals surface area contributed by atoms with Crippen molar-refractivity contribution in [1.29, 1.82) is 0 Å². The third-order valence-corrected chi connectivity index (χ3v) is 4.55. The maximum absolute atomic E-state index is 13.6. The zero-order valence-corrected chi connectivity index (χ0v) is 16.5. The van der Waals surface area contributed by atoms with Crippen LogP contribution in [0.3, 0.4) is 0 Å². The van der Waals surface area contributed by atoms with Gasteiger partial charge in [0.2, 0.25) is 5.91 Å². The van der Waals surface area contributed by atoms with Gasteiger partial charge in [0.15, 0.2) is 17.7 Å². The molecule has 2 rings (SSSR count). The number of rotatable bonds is 7. The van der Waals surface area contributed by atoms with Gasteiger partial charge in [0.1, 0.15) is 6.04 Å². The topological polar surface area (TPSA) is 87.7 Å². The second kappa shape index (κ2) is 10.1. The first-order valence-electron chi connectivity index (χ1n) is 9.60. The number of hydrazine groups is 1. The SMILES string of the molecule is CC(C)CC(C(=O)NNC(=O)C(C)Oc1ccccc1F)N1CCCCC1=O. The van der Waals surface area contributed by atoms with Crippen LogP contribution in [0.5, 0.6) is 5.75 Å². The number of nitrogens with one attached hydrogen (secondary N) is 2. The molecule has 0 aliphatic carbocycles. The molecule has 1 heterocycles. The molecular weight excluding hydrogens is 365 g/mol. The standard InChI is InChI=1S/C20H28FN3O4/c1-13(2)12-16(24-11-7-6-10-18(24)25)20(27)23-22-19(26)14(3)28-17-9-5-4-8-15(17)21/h4-5,8-9,13-14,16H,6-7,10-12H2,1-3H3,(H,22,26)(H,23,27). The van der Waals surface area contributed by atoms with Gasteiger partial charge in [-0.2, -0.15) is 0 Å². The van der Waals surface area contributed by atoms with Gasteiger partial charge < -0.3 is 9.64 Å². The molecule has 2 atom stereocenters. The van der Waals surface area contributed by atoms with Gasteiger partial charge in [0, 0.05) is 13.0 Å². The van der Waals surface area contributed by atoms with Crippen molar-refractivity contribution < 1.29 is 23.5 Å². The molecule has 0 radical (unpaired) electrons. The lowest BCUT2D eigenvalue weighted by molar-refractivity contribution is -0.144. The maximum Gasteiger partial charge on any atom is 0.279 e. The number of carbonyl (C=O) groups excluding carboxylic acids is 3. The number of benzene rings is 1. The van der Waals surface area contributed by atoms with E-state index in [-0.39, 0.29) is 17.6 Å². The molecule has 154 valence electrons. The van der Waals surface area contributed by atoms with Gasteiger partial charge in [-0.05, 0) is 44.2 Å². The molecular formula is C20H28FN3O4. The normalized spacial score (nSPS) is 16.5. The quantitative estimate of drug-likeness (QED) is 0.695. The lowest BCUT2D eigenvalue weighted by Gasteiger charge is -2.34. The highest BCUT2D eigenvalue weighted by Gasteiger charge is 2.32. The molecule has 0 saturated carbocycles. The van der Waals surface area contributed by atoms with Crippen LogP contribution in [-0.4, -0.2) is 41.3 Å². The third kappa shape index (κ3) is 5.94. The van der Waals surface area contributed by atoms with Gasteiger partial charge in [0.25, 0.3) is 11.8 Å². The summed E-state index contributed by atoms with van der Waals surface area (Å²) in [6.45, 7) is 5.92. The molecule has 8 heteroatoms. The molecule has 1 aliphatic heterocycles. The van der Waals surface area contributed by atoms with Crippen LogP contribution in [0.2, 0.25) is 0 Å². The van der Waals surface area contributed by atoms with E-state index < -0.39 is 29.8 Å². The van der Waals surface area contributed by atoms with Crippen LogP contribution in [0, 0.1) is 11.7 Å². The predicted molar refractivity (Wildman–Crippen MR) is 102 cm³/mol. The molecule has 2 N–H and O–H groups in total. The molecule has 28 heavy (non-hydrogen) atoms. The van der Waals surface area contributed by atoms with Gasteiger partial charge in [-0.1, -0.05) is 26.0 Å². The van der Waals surface area contributed by atoms with Crippen molar-refractivity contribution in [1.82, 2.24) is 15.8 Å². The van der Waals surface area contributed by atoms with Crippen LogP contribution in [-0.2, 0) is 14.4 Å². The Kier molecular flexibility index (Phi) is 7.78. The highest BCUT2D eigenvalue weighted by Crippen LogP contribution is 2.19. The van der Waals surface area contributed by atoms with E-state index in [0.717, 1.165) is 12.8 Å². The number of hydrogen-bond acceptors (Lipinski definition) is 4. The van der Waals surface area contributed by atoms with Crippen molar-refractivity contribution in [2.45, 2.75) is 58.6 Å². The first-order chi connectivity index (χ1) is 13.3. The van der Waals surface area contributed by atoms with Crippen LogP contribution < -0.4 is 15.6 Å². The first kappa shape index (κ1) is 21.7. The van der Waals surface area contributed by atoms with E-state index in [1.807, 2.05) is 13.8 Å². The Morgan fingerprint density at radius 3 is 2.46 bits per heavy atom. The van der Waals surface area contributed by atoms with Gasteiger partial charge in [-0.25, -0.2) is 4.39 Å². The van der Waals surface area contributed by atoms with Gasteiger partial charge in [-0.3, -0.25) is 25.2 Å². The molecule has 3 amide bonds. The number of piperidine rings is 1. The highest BCUT2D eigenvalue weighted by atomic mass is 19.1. The number of amides is 3. The van der Waals surface area contributed by atoms with Crippen molar-refractivity contribution in [2.24, 2.45) is 5.92 Å². The lowest BCUT2D eigenvalue weighted by Crippen LogP contribution is -2.56. The van der Waals surface area contributed by atoms with Crippen molar-refractivity contribution in [3.05, 3.63) is 30.1 Å². The minimum Gasteiger partial charge on any atom is -0.478 e. The Balaban J connectivity index is 1.94. The van der Waals surface area contributed by atoms with Crippen LogP contribution in [0.4, 0.5) is 4.39 Å². The van der Waals surface area contributed by atoms with Crippen LogP contribution in [0.15, 0.2) is 24.3 Å². The molecule has 1 aromatic carbocycles. The Bertz CT molecular complexity index is 710. The average molecular weight is 393 g/mol. The molecule has 0 spiro atoms. The lowest BCUT2D eigenvalue weighted by atomic mass is 9.99. The van der Waals surface area contributed by atoms with E-state index in [4.69, 9.17) is 4.74 Å². The molecule has 0 bridgehead atoms. The Morgan fingerprint density at radius 1 is 1.14 bits per heavy atom. The van der Waals surface area contributed by atoms with E-state index in [2.05, 4.69) is 10.9 Å². The predicted octanol–water partition coefficient (Wildman–Crippen LogP) is 2.17. The van der Waals surface area contributed by atoms with Crippen LogP contribution >= 0.6 is 0 Å². The summed E-state index contributed by atoms with van der Waals surface area (Å²) in [5, 5.41) is 0. The van der Waals surface area contributed by atoms with Gasteiger partial charge in [0.05, 0.1) is 0 Å². The number of nitrogens with zero attached hydrogens (tertiary/aromatic N) is 1. The Hall–Kier alpha value is -2.64. The van der Waals surface area contributed by atoms with E-state index in [0.29, 0.717) is 19.4 Å². The van der Waals surface area contributed by atoms with Crippen LogP contribution in [0.25, 0.3) is 0 Å². The van der Waals surface area contributed by atoms with Gasteiger partial charge >= 0.3 is 0 Å². The minimum atomic E-state index is -1.02. The third-order valence-electron chi connectivity index (χ3n) is 4.55. The molecule has 2 unspecified atom stereocenters. The van der Waals surface area contributed by atoms with E-state index in [1.165, 1.54) is 25.1 Å². The van der Waals surface area contributed by atoms with Crippen LogP contribution in [0.1, 0.15) is 46.5 Å². The fourth-order valence-electron chi connectivity index (χ4n) is 3.07. The number of likely N-dealkylation sites (tertiary alicyclic amines) is 1. The molecule has 1 fully saturated rings. The van der Waals surface area contributed by atoms with E-state index in [1.54, 1.807) is 11.0 Å². The summed E-state index contributed by atoms with van der Waals surface area (Å²) in [7, 11) is 0.